The number of rotatable bonds is 10. The van der Waals surface area contributed by atoms with Crippen LogP contribution in [-0.2, 0) is 16.5 Å². The van der Waals surface area contributed by atoms with E-state index in [1.54, 1.807) is 44.6 Å². The second-order valence-electron chi connectivity index (χ2n) is 13.2. The zero-order valence-corrected chi connectivity index (χ0v) is 30.2. The van der Waals surface area contributed by atoms with Gasteiger partial charge in [-0.05, 0) is 88.1 Å². The van der Waals surface area contributed by atoms with Gasteiger partial charge in [-0.1, -0.05) is 20.8 Å². The van der Waals surface area contributed by atoms with Crippen molar-refractivity contribution in [2.45, 2.75) is 66.4 Å². The van der Waals surface area contributed by atoms with Crippen LogP contribution in [0.2, 0.25) is 0 Å². The Morgan fingerprint density at radius 2 is 1.76 bits per heavy atom. The van der Waals surface area contributed by atoms with Crippen molar-refractivity contribution in [3.05, 3.63) is 65.0 Å². The summed E-state index contributed by atoms with van der Waals surface area (Å²) in [5.74, 6) is 1.10. The summed E-state index contributed by atoms with van der Waals surface area (Å²) in [7, 11) is 1.32. The first-order chi connectivity index (χ1) is 21.6. The molecule has 4 rings (SSSR count). The summed E-state index contributed by atoms with van der Waals surface area (Å²) >= 11 is 0. The fourth-order valence-corrected chi connectivity index (χ4v) is 5.70. The van der Waals surface area contributed by atoms with Crippen LogP contribution in [0.1, 0.15) is 89.6 Å². The minimum Gasteiger partial charge on any atom is -0.444 e. The lowest BCUT2D eigenvalue weighted by Crippen LogP contribution is -2.27. The Hall–Kier alpha value is -3.70. The van der Waals surface area contributed by atoms with Gasteiger partial charge in [-0.25, -0.2) is 14.8 Å². The highest BCUT2D eigenvalue weighted by Gasteiger charge is 2.31. The zero-order valence-electron chi connectivity index (χ0n) is 29.4. The average Bonchev–Trinajstić information content (AvgIpc) is 3.40. The number of hydrogen-bond acceptors (Lipinski definition) is 7. The number of allylic oxidation sites excluding steroid dienone is 1. The highest BCUT2D eigenvalue weighted by molar-refractivity contribution is 8.32. The van der Waals surface area contributed by atoms with Gasteiger partial charge in [-0.3, -0.25) is 24.8 Å². The van der Waals surface area contributed by atoms with Gasteiger partial charge >= 0.3 is 6.09 Å². The van der Waals surface area contributed by atoms with Crippen molar-refractivity contribution in [1.29, 1.82) is 0 Å². The SMILES string of the molecule is CC.Cc1ncc(NC(=O)OC(C)(C)C)cc1NC(=O)c1cnc2c(c1)C=C(c1cnn(C)c1)C(CCOCCS(C)(C)C)C2C.[HH].[HH]. The van der Waals surface area contributed by atoms with E-state index >= 15 is 0 Å². The van der Waals surface area contributed by atoms with Gasteiger partial charge in [-0.15, -0.1) is 0 Å². The van der Waals surface area contributed by atoms with E-state index < -0.39 is 21.7 Å². The van der Waals surface area contributed by atoms with Crippen molar-refractivity contribution in [2.75, 3.05) is 48.4 Å². The number of aryl methyl sites for hydroxylation is 2. The molecule has 0 saturated heterocycles. The molecule has 1 aliphatic carbocycles. The highest BCUT2D eigenvalue weighted by Crippen LogP contribution is 2.44. The van der Waals surface area contributed by atoms with E-state index in [0.717, 1.165) is 35.6 Å². The fraction of sp³-hybridized carbons (Fsp3) is 0.514. The number of amides is 2. The Kier molecular flexibility index (Phi) is 12.6. The molecule has 10 nitrogen and oxygen atoms in total. The first-order valence-corrected chi connectivity index (χ1v) is 18.8. The Labute approximate surface area is 279 Å². The molecule has 256 valence electrons. The second kappa shape index (κ2) is 15.7. The minimum absolute atomic E-state index is 0. The van der Waals surface area contributed by atoms with Crippen molar-refractivity contribution >= 4 is 45.1 Å². The summed E-state index contributed by atoms with van der Waals surface area (Å²) in [6, 6.07) is 3.54. The highest BCUT2D eigenvalue weighted by atomic mass is 32.3. The van der Waals surface area contributed by atoms with Gasteiger partial charge in [0, 0.05) is 46.1 Å². The van der Waals surface area contributed by atoms with Crippen LogP contribution in [0, 0.1) is 12.8 Å². The third-order valence-corrected chi connectivity index (χ3v) is 8.78. The van der Waals surface area contributed by atoms with Gasteiger partial charge in [0.1, 0.15) is 5.60 Å². The third-order valence-electron chi connectivity index (χ3n) is 7.39. The van der Waals surface area contributed by atoms with Crippen LogP contribution in [-0.4, -0.2) is 75.1 Å². The van der Waals surface area contributed by atoms with E-state index in [-0.39, 0.29) is 20.6 Å². The molecule has 0 aliphatic heterocycles. The lowest BCUT2D eigenvalue weighted by molar-refractivity contribution is 0.0635. The van der Waals surface area contributed by atoms with Crippen molar-refractivity contribution in [2.24, 2.45) is 13.0 Å². The van der Waals surface area contributed by atoms with Crippen LogP contribution in [0.4, 0.5) is 16.2 Å². The molecule has 1 aliphatic rings. The Balaban J connectivity index is 0.00000283. The molecule has 11 heteroatoms. The van der Waals surface area contributed by atoms with Crippen LogP contribution in [0.25, 0.3) is 11.6 Å². The van der Waals surface area contributed by atoms with Crippen LogP contribution < -0.4 is 10.6 Å². The van der Waals surface area contributed by atoms with Gasteiger partial charge < -0.3 is 14.8 Å². The molecular formula is C35H56N6O4S. The molecule has 0 saturated carbocycles. The van der Waals surface area contributed by atoms with E-state index in [1.165, 1.54) is 11.8 Å². The maximum atomic E-state index is 13.4. The summed E-state index contributed by atoms with van der Waals surface area (Å²) in [4.78, 5) is 34.8. The van der Waals surface area contributed by atoms with Crippen LogP contribution >= 0.6 is 10.0 Å². The largest absolute Gasteiger partial charge is 0.444 e. The zero-order chi connectivity index (χ0) is 34.2. The normalized spacial score (nSPS) is 16.4. The van der Waals surface area contributed by atoms with Crippen molar-refractivity contribution in [1.82, 2.24) is 19.7 Å². The number of aromatic nitrogens is 4. The number of hydrogen-bond donors (Lipinski definition) is 2. The summed E-state index contributed by atoms with van der Waals surface area (Å²) in [5.41, 5.74) is 5.39. The lowest BCUT2D eigenvalue weighted by atomic mass is 9.74. The van der Waals surface area contributed by atoms with Crippen LogP contribution in [0.15, 0.2) is 36.9 Å². The lowest BCUT2D eigenvalue weighted by Gasteiger charge is -2.31. The maximum Gasteiger partial charge on any atom is 0.412 e. The molecule has 46 heavy (non-hydrogen) atoms. The van der Waals surface area contributed by atoms with Gasteiger partial charge in [0.25, 0.3) is 5.91 Å². The summed E-state index contributed by atoms with van der Waals surface area (Å²) in [5, 5.41) is 10.0. The molecule has 3 aromatic rings. The minimum atomic E-state index is -0.637. The molecule has 0 fully saturated rings. The summed E-state index contributed by atoms with van der Waals surface area (Å²) < 4.78 is 13.2. The molecule has 3 aromatic heterocycles. The van der Waals surface area contributed by atoms with Crippen LogP contribution in [0.3, 0.4) is 0 Å². The fourth-order valence-electron chi connectivity index (χ4n) is 5.09. The number of carbonyl (C=O) groups excluding carboxylic acids is 2. The molecule has 0 spiro atoms. The number of fused-ring (bicyclic) bond motifs is 1. The van der Waals surface area contributed by atoms with Crippen LogP contribution in [0.5, 0.6) is 0 Å². The standard InChI is InChI=1S/C33H46N6O4S.C2H6.2H2/c1-21-27(10-11-42-12-13-44(7,8)9)28(25-18-36-39(6)20-25)15-23-14-24(17-35-30(21)23)31(40)38-29-16-26(19-34-22(29)2)37-32(41)43-33(3,4)5;1-2;;/h14-21,27H,10-13H2,1-9H3,(H,37,41)(H,38,40);1-2H3;2*1H. The predicted molar refractivity (Wildman–Crippen MR) is 195 cm³/mol. The smallest absolute Gasteiger partial charge is 0.412 e. The van der Waals surface area contributed by atoms with Gasteiger partial charge in [0.05, 0.1) is 47.3 Å². The molecule has 2 N–H and O–H groups in total. The van der Waals surface area contributed by atoms with Gasteiger partial charge in [0.2, 0.25) is 0 Å². The first-order valence-electron chi connectivity index (χ1n) is 15.8. The number of carbonyl (C=O) groups is 2. The molecule has 0 aromatic carbocycles. The second-order valence-corrected chi connectivity index (χ2v) is 17.8. The number of anilines is 2. The Morgan fingerprint density at radius 1 is 1.04 bits per heavy atom. The van der Waals surface area contributed by atoms with Gasteiger partial charge in [0.15, 0.2) is 0 Å². The average molecular weight is 657 g/mol. The van der Waals surface area contributed by atoms with Crippen molar-refractivity contribution in [3.8, 4) is 0 Å². The van der Waals surface area contributed by atoms with E-state index in [2.05, 4.69) is 52.5 Å². The molecule has 2 amide bonds. The van der Waals surface area contributed by atoms with E-state index in [0.29, 0.717) is 29.2 Å². The topological polar surface area (TPSA) is 120 Å². The number of pyridine rings is 2. The first kappa shape index (κ1) is 36.8. The number of nitrogens with one attached hydrogen (secondary N) is 2. The molecule has 0 bridgehead atoms. The third kappa shape index (κ3) is 10.4. The predicted octanol–water partition coefficient (Wildman–Crippen LogP) is 8.01. The monoisotopic (exact) mass is 656 g/mol. The summed E-state index contributed by atoms with van der Waals surface area (Å²) in [6.45, 7) is 14.8. The van der Waals surface area contributed by atoms with Crippen molar-refractivity contribution < 1.29 is 21.9 Å². The molecule has 2 unspecified atom stereocenters. The number of nitrogens with zero attached hydrogens (tertiary/aromatic N) is 4. The van der Waals surface area contributed by atoms with E-state index in [4.69, 9.17) is 14.5 Å². The Bertz CT molecular complexity index is 1550. The maximum absolute atomic E-state index is 13.4. The molecule has 3 heterocycles. The molecule has 2 atom stereocenters. The summed E-state index contributed by atoms with van der Waals surface area (Å²) in [6.07, 6.45) is 16.4. The quantitative estimate of drug-likeness (QED) is 0.212. The van der Waals surface area contributed by atoms with Gasteiger partial charge in [-0.2, -0.15) is 5.10 Å². The van der Waals surface area contributed by atoms with E-state index in [1.807, 2.05) is 39.4 Å². The van der Waals surface area contributed by atoms with E-state index in [9.17, 15) is 9.59 Å². The number of ether oxygens (including phenoxy) is 2. The molecule has 0 radical (unpaired) electrons. The van der Waals surface area contributed by atoms with Crippen molar-refractivity contribution in [3.63, 3.8) is 0 Å². The molecular weight excluding hydrogens is 600 g/mol. The Morgan fingerprint density at radius 3 is 2.39 bits per heavy atom.